The number of aliphatic hydroxyl groups excluding tert-OH is 1. The van der Waals surface area contributed by atoms with Crippen molar-refractivity contribution in [3.05, 3.63) is 84.0 Å². The highest BCUT2D eigenvalue weighted by molar-refractivity contribution is 5.93. The van der Waals surface area contributed by atoms with Crippen LogP contribution in [0.1, 0.15) is 85.6 Å². The van der Waals surface area contributed by atoms with Crippen LogP contribution in [0.3, 0.4) is 0 Å². The number of fused-ring (bicyclic) bond motifs is 2. The van der Waals surface area contributed by atoms with E-state index in [1.54, 1.807) is 12.2 Å². The first-order valence-electron chi connectivity index (χ1n) is 18.6. The Hall–Kier alpha value is -4.35. The highest BCUT2D eigenvalue weighted by Gasteiger charge is 2.37. The molecule has 1 aromatic carbocycles. The standard InChI is InChI=1S/C41H58N4O7/c1-7-17-32-37(47)29(5)18-11-8-9-14-24-35(28(4)19-15-20-30(6)46)52-41(51)33-23-16-25-45(44-33)40(50)34(26-31-21-12-10-13-22-31)42-39(49)36(27(2)3)43-38(32)48/h8-15,19-22,27,29,32-37,44,47H,7,16-18,23-26H2,1-6H3,(H,42,49)(H,43,48)/b11-8+,14-9+,20-15+,28-19+/t29?,32?,33?,34?,35-,36?,37?/m0/s1. The Kier molecular flexibility index (Phi) is 17.2. The van der Waals surface area contributed by atoms with E-state index in [-0.39, 0.29) is 24.0 Å². The molecular formula is C41H58N4O7. The van der Waals surface area contributed by atoms with E-state index in [2.05, 4.69) is 16.1 Å². The molecule has 284 valence electrons. The molecule has 7 atom stereocenters. The Morgan fingerprint density at radius 2 is 1.71 bits per heavy atom. The van der Waals surface area contributed by atoms with Crippen LogP contribution in [0, 0.1) is 17.8 Å². The first-order valence-corrected chi connectivity index (χ1v) is 18.6. The summed E-state index contributed by atoms with van der Waals surface area (Å²) in [7, 11) is 0. The zero-order valence-electron chi connectivity index (χ0n) is 31.5. The van der Waals surface area contributed by atoms with Gasteiger partial charge in [0.2, 0.25) is 11.8 Å². The summed E-state index contributed by atoms with van der Waals surface area (Å²) < 4.78 is 6.01. The van der Waals surface area contributed by atoms with Crippen LogP contribution >= 0.6 is 0 Å². The molecule has 2 aliphatic rings. The number of hydrazine groups is 1. The monoisotopic (exact) mass is 718 g/mol. The minimum atomic E-state index is -1.01. The van der Waals surface area contributed by atoms with Crippen molar-refractivity contribution in [2.75, 3.05) is 6.54 Å². The lowest BCUT2D eigenvalue weighted by atomic mass is 9.85. The summed E-state index contributed by atoms with van der Waals surface area (Å²) in [5.41, 5.74) is 4.62. The molecule has 2 bridgehead atoms. The summed E-state index contributed by atoms with van der Waals surface area (Å²) in [5.74, 6) is -3.26. The molecule has 0 radical (unpaired) electrons. The molecule has 2 aliphatic heterocycles. The van der Waals surface area contributed by atoms with Crippen LogP contribution in [0.4, 0.5) is 0 Å². The van der Waals surface area contributed by atoms with Gasteiger partial charge in [-0.15, -0.1) is 0 Å². The molecule has 2 heterocycles. The minimum absolute atomic E-state index is 0.104. The number of esters is 1. The van der Waals surface area contributed by atoms with E-state index in [1.807, 2.05) is 89.3 Å². The number of aliphatic hydroxyl groups is 1. The van der Waals surface area contributed by atoms with Gasteiger partial charge in [-0.1, -0.05) is 101 Å². The number of nitrogens with zero attached hydrogens (tertiary/aromatic N) is 1. The SMILES string of the molecule is CCCC1C(=O)NC(C(C)C)C(=O)NC(Cc2ccccc2)C(=O)N2CCCC(N2)C(=O)O[C@H](/C(C)=C/C=C/C(C)=O)C/C=C/C=C/CC(C)C1O. The second-order valence-corrected chi connectivity index (χ2v) is 14.3. The molecule has 6 unspecified atom stereocenters. The van der Waals surface area contributed by atoms with E-state index in [1.165, 1.54) is 18.0 Å². The maximum atomic E-state index is 14.2. The number of carbonyl (C=O) groups excluding carboxylic acids is 5. The lowest BCUT2D eigenvalue weighted by Gasteiger charge is -2.36. The number of benzene rings is 1. The van der Waals surface area contributed by atoms with Crippen molar-refractivity contribution in [1.82, 2.24) is 21.1 Å². The summed E-state index contributed by atoms with van der Waals surface area (Å²) in [6.45, 7) is 11.1. The van der Waals surface area contributed by atoms with Gasteiger partial charge in [-0.25, -0.2) is 5.43 Å². The minimum Gasteiger partial charge on any atom is -0.456 e. The topological polar surface area (TPSA) is 154 Å². The molecule has 11 heteroatoms. The second-order valence-electron chi connectivity index (χ2n) is 14.3. The molecule has 0 aliphatic carbocycles. The number of nitrogens with one attached hydrogen (secondary N) is 3. The number of carbonyl (C=O) groups is 5. The van der Waals surface area contributed by atoms with Crippen LogP contribution in [-0.4, -0.2) is 76.5 Å². The molecule has 0 spiro atoms. The van der Waals surface area contributed by atoms with Gasteiger partial charge in [0.05, 0.1) is 12.0 Å². The number of hydrogen-bond acceptors (Lipinski definition) is 8. The van der Waals surface area contributed by atoms with Crippen LogP contribution in [0.5, 0.6) is 0 Å². The van der Waals surface area contributed by atoms with Gasteiger partial charge in [0.1, 0.15) is 24.2 Å². The number of amides is 3. The lowest BCUT2D eigenvalue weighted by molar-refractivity contribution is -0.156. The van der Waals surface area contributed by atoms with Crippen LogP contribution < -0.4 is 16.1 Å². The van der Waals surface area contributed by atoms with Crippen molar-refractivity contribution in [3.63, 3.8) is 0 Å². The molecule has 0 aromatic heterocycles. The Bertz CT molecular complexity index is 1480. The summed E-state index contributed by atoms with van der Waals surface area (Å²) >= 11 is 0. The molecule has 0 saturated carbocycles. The van der Waals surface area contributed by atoms with Crippen molar-refractivity contribution in [2.24, 2.45) is 17.8 Å². The fraction of sp³-hybridized carbons (Fsp3) is 0.537. The lowest BCUT2D eigenvalue weighted by Crippen LogP contribution is -2.62. The molecule has 3 rings (SSSR count). The molecule has 11 nitrogen and oxygen atoms in total. The highest BCUT2D eigenvalue weighted by Crippen LogP contribution is 2.23. The summed E-state index contributed by atoms with van der Waals surface area (Å²) in [5, 5.41) is 18.5. The Balaban J connectivity index is 2.01. The second kappa shape index (κ2) is 21.2. The normalized spacial score (nSPS) is 29.0. The number of rotatable bonds is 8. The van der Waals surface area contributed by atoms with E-state index in [9.17, 15) is 29.1 Å². The van der Waals surface area contributed by atoms with E-state index < -0.39 is 59.9 Å². The zero-order valence-corrected chi connectivity index (χ0v) is 31.5. The fourth-order valence-corrected chi connectivity index (χ4v) is 6.36. The van der Waals surface area contributed by atoms with Crippen LogP contribution in [0.15, 0.2) is 78.4 Å². The van der Waals surface area contributed by atoms with E-state index in [0.29, 0.717) is 45.1 Å². The van der Waals surface area contributed by atoms with Crippen LogP contribution in [0.25, 0.3) is 0 Å². The molecule has 52 heavy (non-hydrogen) atoms. The van der Waals surface area contributed by atoms with Crippen molar-refractivity contribution in [2.45, 2.75) is 117 Å². The molecular weight excluding hydrogens is 660 g/mol. The van der Waals surface area contributed by atoms with Gasteiger partial charge in [0.25, 0.3) is 5.91 Å². The van der Waals surface area contributed by atoms with E-state index in [4.69, 9.17) is 4.74 Å². The number of ketones is 1. The van der Waals surface area contributed by atoms with Crippen molar-refractivity contribution >= 4 is 29.5 Å². The van der Waals surface area contributed by atoms with E-state index in [0.717, 1.165) is 11.1 Å². The predicted molar refractivity (Wildman–Crippen MR) is 201 cm³/mol. The average Bonchev–Trinajstić information content (AvgIpc) is 3.12. The summed E-state index contributed by atoms with van der Waals surface area (Å²) in [4.78, 5) is 66.9. The van der Waals surface area contributed by atoms with Crippen molar-refractivity contribution < 1.29 is 33.8 Å². The Morgan fingerprint density at radius 1 is 1.02 bits per heavy atom. The van der Waals surface area contributed by atoms with Gasteiger partial charge in [-0.05, 0) is 68.6 Å². The van der Waals surface area contributed by atoms with Gasteiger partial charge in [-0.2, -0.15) is 0 Å². The number of hydrogen-bond donors (Lipinski definition) is 4. The zero-order chi connectivity index (χ0) is 38.2. The smallest absolute Gasteiger partial charge is 0.325 e. The number of cyclic esters (lactones) is 1. The van der Waals surface area contributed by atoms with Gasteiger partial charge in [0, 0.05) is 19.4 Å². The molecule has 1 fully saturated rings. The van der Waals surface area contributed by atoms with Crippen LogP contribution in [0.2, 0.25) is 0 Å². The van der Waals surface area contributed by atoms with Gasteiger partial charge in [0.15, 0.2) is 5.78 Å². The summed E-state index contributed by atoms with van der Waals surface area (Å²) in [6.07, 6.45) is 13.9. The predicted octanol–water partition coefficient (Wildman–Crippen LogP) is 4.67. The number of allylic oxidation sites excluding steroid dienone is 6. The first kappa shape index (κ1) is 42.1. The molecule has 1 saturated heterocycles. The quantitative estimate of drug-likeness (QED) is 0.172. The van der Waals surface area contributed by atoms with Gasteiger partial charge < -0.3 is 20.5 Å². The van der Waals surface area contributed by atoms with E-state index >= 15 is 0 Å². The average molecular weight is 719 g/mol. The maximum Gasteiger partial charge on any atom is 0.325 e. The maximum absolute atomic E-state index is 14.2. The molecule has 4 N–H and O–H groups in total. The largest absolute Gasteiger partial charge is 0.456 e. The first-order chi connectivity index (χ1) is 24.8. The van der Waals surface area contributed by atoms with Crippen molar-refractivity contribution in [1.29, 1.82) is 0 Å². The summed E-state index contributed by atoms with van der Waals surface area (Å²) in [6, 6.07) is 6.55. The van der Waals surface area contributed by atoms with Crippen molar-refractivity contribution in [3.8, 4) is 0 Å². The number of ether oxygens (including phenoxy) is 1. The third-order valence-electron chi connectivity index (χ3n) is 9.51. The van der Waals surface area contributed by atoms with Gasteiger partial charge >= 0.3 is 5.97 Å². The Labute approximate surface area is 309 Å². The van der Waals surface area contributed by atoms with Gasteiger partial charge in [-0.3, -0.25) is 29.0 Å². The molecule has 3 amide bonds. The molecule has 1 aromatic rings. The van der Waals surface area contributed by atoms with Crippen LogP contribution in [-0.2, 0) is 35.1 Å². The third kappa shape index (κ3) is 13.0. The fourth-order valence-electron chi connectivity index (χ4n) is 6.36. The highest BCUT2D eigenvalue weighted by atomic mass is 16.5. The Morgan fingerprint density at radius 3 is 2.37 bits per heavy atom. The third-order valence-corrected chi connectivity index (χ3v) is 9.51.